The van der Waals surface area contributed by atoms with Gasteiger partial charge in [-0.1, -0.05) is 6.07 Å². The molecule has 0 radical (unpaired) electrons. The van der Waals surface area contributed by atoms with Gasteiger partial charge < -0.3 is 4.90 Å². The first-order chi connectivity index (χ1) is 7.57. The summed E-state index contributed by atoms with van der Waals surface area (Å²) in [5, 5.41) is 8.28. The first kappa shape index (κ1) is 11.9. The maximum Gasteiger partial charge on any atom is 0.189 e. The summed E-state index contributed by atoms with van der Waals surface area (Å²) < 4.78 is 13.8. The lowest BCUT2D eigenvalue weighted by Gasteiger charge is -2.14. The van der Waals surface area contributed by atoms with Crippen molar-refractivity contribution in [2.75, 3.05) is 19.0 Å². The number of hydrogen-bond donors (Lipinski definition) is 0. The van der Waals surface area contributed by atoms with Crippen molar-refractivity contribution in [2.45, 2.75) is 0 Å². The normalized spacial score (nSPS) is 10.1. The highest BCUT2D eigenvalue weighted by atomic mass is 19.1. The third-order valence-electron chi connectivity index (χ3n) is 2.03. The number of hydrogen-bond acceptors (Lipinski definition) is 3. The molecule has 1 rings (SSSR count). The van der Waals surface area contributed by atoms with Gasteiger partial charge in [-0.3, -0.25) is 4.79 Å². The van der Waals surface area contributed by atoms with Crippen LogP contribution in [0.3, 0.4) is 0 Å². The smallest absolute Gasteiger partial charge is 0.189 e. The second-order valence-corrected chi connectivity index (χ2v) is 3.36. The van der Waals surface area contributed by atoms with Crippen molar-refractivity contribution in [2.24, 2.45) is 0 Å². The van der Waals surface area contributed by atoms with Crippen molar-refractivity contribution < 1.29 is 9.18 Å². The minimum Gasteiger partial charge on any atom is -0.375 e. The number of anilines is 1. The van der Waals surface area contributed by atoms with Gasteiger partial charge in [-0.05, 0) is 18.2 Å². The zero-order valence-corrected chi connectivity index (χ0v) is 9.07. The van der Waals surface area contributed by atoms with Crippen LogP contribution in [-0.4, -0.2) is 19.9 Å². The van der Waals surface area contributed by atoms with Gasteiger partial charge >= 0.3 is 0 Å². The number of ketones is 1. The zero-order chi connectivity index (χ0) is 12.1. The van der Waals surface area contributed by atoms with Gasteiger partial charge in [0.05, 0.1) is 17.3 Å². The molecule has 0 unspecified atom stereocenters. The van der Waals surface area contributed by atoms with Gasteiger partial charge in [-0.2, -0.15) is 5.26 Å². The van der Waals surface area contributed by atoms with Crippen molar-refractivity contribution in [1.82, 2.24) is 0 Å². The van der Waals surface area contributed by atoms with E-state index in [9.17, 15) is 9.18 Å². The van der Waals surface area contributed by atoms with Crippen molar-refractivity contribution in [3.63, 3.8) is 0 Å². The van der Waals surface area contributed by atoms with Gasteiger partial charge in [0.25, 0.3) is 0 Å². The van der Waals surface area contributed by atoms with E-state index >= 15 is 0 Å². The molecular formula is C12H11FN2O. The fraction of sp³-hybridized carbons (Fsp3) is 0.167. The van der Waals surface area contributed by atoms with Crippen LogP contribution in [0.25, 0.3) is 0 Å². The molecule has 0 amide bonds. The molecular weight excluding hydrogens is 207 g/mol. The molecule has 1 aromatic rings. The molecule has 0 saturated heterocycles. The second kappa shape index (κ2) is 5.08. The van der Waals surface area contributed by atoms with Crippen LogP contribution in [0.1, 0.15) is 10.4 Å². The Morgan fingerprint density at radius 2 is 2.19 bits per heavy atom. The summed E-state index contributed by atoms with van der Waals surface area (Å²) in [6, 6.07) is 6.27. The first-order valence-corrected chi connectivity index (χ1v) is 4.64. The number of carbonyl (C=O) groups is 1. The highest BCUT2D eigenvalue weighted by Crippen LogP contribution is 2.20. The summed E-state index contributed by atoms with van der Waals surface area (Å²) in [7, 11) is 3.38. The molecule has 82 valence electrons. The molecule has 0 bridgehead atoms. The number of benzene rings is 1. The van der Waals surface area contributed by atoms with E-state index < -0.39 is 11.6 Å². The van der Waals surface area contributed by atoms with Crippen LogP contribution in [0, 0.1) is 17.1 Å². The number of nitriles is 1. The molecule has 0 N–H and O–H groups in total. The summed E-state index contributed by atoms with van der Waals surface area (Å²) in [5.74, 6) is -1.08. The third-order valence-corrected chi connectivity index (χ3v) is 2.03. The predicted molar refractivity (Wildman–Crippen MR) is 59.8 cm³/mol. The zero-order valence-electron chi connectivity index (χ0n) is 9.07. The summed E-state index contributed by atoms with van der Waals surface area (Å²) in [4.78, 5) is 13.1. The Kier molecular flexibility index (Phi) is 3.78. The Morgan fingerprint density at radius 1 is 1.50 bits per heavy atom. The van der Waals surface area contributed by atoms with E-state index in [2.05, 4.69) is 0 Å². The summed E-state index contributed by atoms with van der Waals surface area (Å²) >= 11 is 0. The highest BCUT2D eigenvalue weighted by Gasteiger charge is 2.13. The third kappa shape index (κ3) is 2.45. The Balaban J connectivity index is 3.16. The van der Waals surface area contributed by atoms with Crippen molar-refractivity contribution in [3.8, 4) is 6.07 Å². The van der Waals surface area contributed by atoms with Crippen LogP contribution < -0.4 is 4.90 Å². The van der Waals surface area contributed by atoms with E-state index in [1.54, 1.807) is 37.2 Å². The average molecular weight is 218 g/mol. The fourth-order valence-electron chi connectivity index (χ4n) is 1.26. The molecule has 0 atom stereocenters. The van der Waals surface area contributed by atoms with Crippen molar-refractivity contribution in [1.29, 1.82) is 5.26 Å². The summed E-state index contributed by atoms with van der Waals surface area (Å²) in [6.45, 7) is 0. The van der Waals surface area contributed by atoms with E-state index in [1.807, 2.05) is 0 Å². The van der Waals surface area contributed by atoms with E-state index in [0.29, 0.717) is 5.69 Å². The van der Waals surface area contributed by atoms with Gasteiger partial charge in [0.2, 0.25) is 0 Å². The maximum atomic E-state index is 13.8. The minimum absolute atomic E-state index is 0.0299. The molecule has 0 aliphatic heterocycles. The topological polar surface area (TPSA) is 44.1 Å². The number of rotatable bonds is 3. The molecule has 0 saturated carbocycles. The molecule has 4 heteroatoms. The van der Waals surface area contributed by atoms with Crippen LogP contribution in [-0.2, 0) is 0 Å². The lowest BCUT2D eigenvalue weighted by atomic mass is 10.1. The second-order valence-electron chi connectivity index (χ2n) is 3.36. The fourth-order valence-corrected chi connectivity index (χ4v) is 1.26. The lowest BCUT2D eigenvalue weighted by molar-refractivity contribution is 0.104. The highest BCUT2D eigenvalue weighted by molar-refractivity contribution is 6.05. The Labute approximate surface area is 93.4 Å². The molecule has 16 heavy (non-hydrogen) atoms. The number of carbonyl (C=O) groups excluding carboxylic acids is 1. The number of nitrogens with zero attached hydrogens (tertiary/aromatic N) is 2. The van der Waals surface area contributed by atoms with E-state index in [0.717, 1.165) is 12.2 Å². The van der Waals surface area contributed by atoms with Crippen molar-refractivity contribution in [3.05, 3.63) is 41.7 Å². The minimum atomic E-state index is -0.569. The Hall–Kier alpha value is -2.15. The summed E-state index contributed by atoms with van der Waals surface area (Å²) in [5.41, 5.74) is 0.314. The molecule has 0 aliphatic carbocycles. The molecule has 0 fully saturated rings. The van der Waals surface area contributed by atoms with Gasteiger partial charge in [-0.15, -0.1) is 0 Å². The number of halogens is 1. The van der Waals surface area contributed by atoms with E-state index in [4.69, 9.17) is 5.26 Å². The van der Waals surface area contributed by atoms with E-state index in [-0.39, 0.29) is 5.56 Å². The van der Waals surface area contributed by atoms with Gasteiger partial charge in [0.1, 0.15) is 0 Å². The quantitative estimate of drug-likeness (QED) is 0.443. The Morgan fingerprint density at radius 3 is 2.75 bits per heavy atom. The van der Waals surface area contributed by atoms with Gasteiger partial charge in [0, 0.05) is 20.2 Å². The van der Waals surface area contributed by atoms with Crippen molar-refractivity contribution >= 4 is 11.5 Å². The molecule has 0 spiro atoms. The molecule has 0 heterocycles. The van der Waals surface area contributed by atoms with Crippen LogP contribution >= 0.6 is 0 Å². The Bertz CT molecular complexity index is 472. The van der Waals surface area contributed by atoms with Crippen LogP contribution in [0.2, 0.25) is 0 Å². The maximum absolute atomic E-state index is 13.8. The predicted octanol–water partition coefficient (Wildman–Crippen LogP) is 2.15. The lowest BCUT2D eigenvalue weighted by Crippen LogP contribution is -2.12. The average Bonchev–Trinajstić information content (AvgIpc) is 2.25. The van der Waals surface area contributed by atoms with Gasteiger partial charge in [-0.25, -0.2) is 4.39 Å². The summed E-state index contributed by atoms with van der Waals surface area (Å²) in [6.07, 6.45) is 2.09. The van der Waals surface area contributed by atoms with Crippen LogP contribution in [0.15, 0.2) is 30.4 Å². The first-order valence-electron chi connectivity index (χ1n) is 4.64. The standard InChI is InChI=1S/C12H11FN2O/c1-15(2)10-6-3-5-9(12(10)13)11(16)7-4-8-14/h3-7H,1-2H3. The molecule has 3 nitrogen and oxygen atoms in total. The van der Waals surface area contributed by atoms with Gasteiger partial charge in [0.15, 0.2) is 11.6 Å². The van der Waals surface area contributed by atoms with Crippen LogP contribution in [0.4, 0.5) is 10.1 Å². The monoisotopic (exact) mass is 218 g/mol. The number of allylic oxidation sites excluding steroid dienone is 2. The molecule has 0 aromatic heterocycles. The van der Waals surface area contributed by atoms with Crippen LogP contribution in [0.5, 0.6) is 0 Å². The largest absolute Gasteiger partial charge is 0.375 e. The molecule has 0 aliphatic rings. The molecule has 1 aromatic carbocycles. The van der Waals surface area contributed by atoms with E-state index in [1.165, 1.54) is 6.07 Å². The SMILES string of the molecule is CN(C)c1cccc(C(=O)C=CC#N)c1F.